The summed E-state index contributed by atoms with van der Waals surface area (Å²) in [4.78, 5) is 32.7. The van der Waals surface area contributed by atoms with Gasteiger partial charge in [0, 0.05) is 18.7 Å². The fourth-order valence-electron chi connectivity index (χ4n) is 2.00. The number of nitrogens with two attached hydrogens (primary N) is 1. The molecule has 1 aliphatic rings. The van der Waals surface area contributed by atoms with Crippen LogP contribution in [0, 0.1) is 0 Å². The van der Waals surface area contributed by atoms with Crippen LogP contribution in [0.4, 0.5) is 5.69 Å². The smallest absolute Gasteiger partial charge is 0.309 e. The Morgan fingerprint density at radius 3 is 2.84 bits per heavy atom. The van der Waals surface area contributed by atoms with E-state index in [9.17, 15) is 14.4 Å². The van der Waals surface area contributed by atoms with Crippen LogP contribution >= 0.6 is 0 Å². The fourth-order valence-corrected chi connectivity index (χ4v) is 2.00. The van der Waals surface area contributed by atoms with Crippen LogP contribution in [-0.2, 0) is 27.2 Å². The lowest BCUT2D eigenvalue weighted by Crippen LogP contribution is -2.37. The van der Waals surface area contributed by atoms with Gasteiger partial charge in [0.1, 0.15) is 0 Å². The van der Waals surface area contributed by atoms with Gasteiger partial charge in [-0.3, -0.25) is 14.4 Å². The number of nitrogens with one attached hydrogen (secondary N) is 2. The fraction of sp³-hybridized carbons (Fsp3) is 0.308. The summed E-state index contributed by atoms with van der Waals surface area (Å²) in [6.45, 7) is 0.354. The predicted octanol–water partition coefficient (Wildman–Crippen LogP) is -0.285. The topological polar surface area (TPSA) is 101 Å². The summed E-state index contributed by atoms with van der Waals surface area (Å²) in [6, 6.07) is 5.75. The molecule has 1 aliphatic heterocycles. The van der Waals surface area contributed by atoms with Crippen molar-refractivity contribution >= 4 is 23.4 Å². The van der Waals surface area contributed by atoms with Gasteiger partial charge in [0.05, 0.1) is 0 Å². The first-order valence-electron chi connectivity index (χ1n) is 6.05. The maximum Gasteiger partial charge on any atom is 0.309 e. The summed E-state index contributed by atoms with van der Waals surface area (Å²) in [6.07, 6.45) is 1.83. The van der Waals surface area contributed by atoms with Crippen LogP contribution < -0.4 is 16.4 Å². The number of primary amides is 1. The van der Waals surface area contributed by atoms with Gasteiger partial charge in [-0.05, 0) is 30.0 Å². The second-order valence-electron chi connectivity index (χ2n) is 4.41. The molecule has 1 aromatic rings. The molecule has 0 saturated carbocycles. The highest BCUT2D eigenvalue weighted by molar-refractivity contribution is 6.34. The lowest BCUT2D eigenvalue weighted by molar-refractivity contribution is -0.137. The van der Waals surface area contributed by atoms with Crippen molar-refractivity contribution in [2.24, 2.45) is 5.73 Å². The number of carbonyl (C=O) groups excluding carboxylic acids is 3. The van der Waals surface area contributed by atoms with E-state index in [1.165, 1.54) is 0 Å². The van der Waals surface area contributed by atoms with Crippen LogP contribution in [0.5, 0.6) is 0 Å². The van der Waals surface area contributed by atoms with Crippen molar-refractivity contribution in [1.29, 1.82) is 0 Å². The number of benzene rings is 1. The van der Waals surface area contributed by atoms with E-state index in [1.807, 2.05) is 18.2 Å². The van der Waals surface area contributed by atoms with Gasteiger partial charge >= 0.3 is 11.8 Å². The highest BCUT2D eigenvalue weighted by Gasteiger charge is 2.14. The lowest BCUT2D eigenvalue weighted by atomic mass is 9.99. The summed E-state index contributed by atoms with van der Waals surface area (Å²) in [5.41, 5.74) is 7.81. The Morgan fingerprint density at radius 1 is 1.32 bits per heavy atom. The SMILES string of the molecule is NC(=O)C(=O)NCCc1ccc2c(c1)CCC(=O)N2. The number of amides is 3. The minimum absolute atomic E-state index is 0.0361. The molecule has 0 bridgehead atoms. The summed E-state index contributed by atoms with van der Waals surface area (Å²) >= 11 is 0. The minimum Gasteiger partial charge on any atom is -0.361 e. The molecule has 0 spiro atoms. The molecule has 0 aromatic heterocycles. The van der Waals surface area contributed by atoms with Crippen molar-refractivity contribution in [3.63, 3.8) is 0 Å². The Morgan fingerprint density at radius 2 is 2.11 bits per heavy atom. The van der Waals surface area contributed by atoms with Crippen molar-refractivity contribution in [3.05, 3.63) is 29.3 Å². The molecule has 0 atom stereocenters. The first kappa shape index (κ1) is 13.1. The van der Waals surface area contributed by atoms with Gasteiger partial charge in [-0.2, -0.15) is 0 Å². The summed E-state index contributed by atoms with van der Waals surface area (Å²) in [5, 5.41) is 5.24. The summed E-state index contributed by atoms with van der Waals surface area (Å²) < 4.78 is 0. The number of anilines is 1. The number of hydrogen-bond donors (Lipinski definition) is 3. The van der Waals surface area contributed by atoms with Crippen LogP contribution in [-0.4, -0.2) is 24.3 Å². The van der Waals surface area contributed by atoms with Crippen LogP contribution in [0.2, 0.25) is 0 Å². The van der Waals surface area contributed by atoms with E-state index in [0.717, 1.165) is 23.2 Å². The Kier molecular flexibility index (Phi) is 3.79. The van der Waals surface area contributed by atoms with Gasteiger partial charge in [-0.25, -0.2) is 0 Å². The monoisotopic (exact) mass is 261 g/mol. The second-order valence-corrected chi connectivity index (χ2v) is 4.41. The largest absolute Gasteiger partial charge is 0.361 e. The highest BCUT2D eigenvalue weighted by Crippen LogP contribution is 2.23. The average Bonchev–Trinajstić information content (AvgIpc) is 2.38. The van der Waals surface area contributed by atoms with Gasteiger partial charge in [0.15, 0.2) is 0 Å². The standard InChI is InChI=1S/C13H15N3O3/c14-12(18)13(19)15-6-5-8-1-3-10-9(7-8)2-4-11(17)16-10/h1,3,7H,2,4-6H2,(H2,14,18)(H,15,19)(H,16,17). The third-order valence-corrected chi connectivity index (χ3v) is 2.99. The zero-order chi connectivity index (χ0) is 13.8. The van der Waals surface area contributed by atoms with Gasteiger partial charge in [0.2, 0.25) is 5.91 Å². The van der Waals surface area contributed by atoms with E-state index < -0.39 is 11.8 Å². The van der Waals surface area contributed by atoms with Gasteiger partial charge < -0.3 is 16.4 Å². The van der Waals surface area contributed by atoms with Crippen molar-refractivity contribution in [3.8, 4) is 0 Å². The van der Waals surface area contributed by atoms with Crippen molar-refractivity contribution in [1.82, 2.24) is 5.32 Å². The van der Waals surface area contributed by atoms with E-state index in [2.05, 4.69) is 10.6 Å². The number of fused-ring (bicyclic) bond motifs is 1. The Labute approximate surface area is 110 Å². The molecule has 100 valence electrons. The van der Waals surface area contributed by atoms with Crippen molar-refractivity contribution in [2.75, 3.05) is 11.9 Å². The molecule has 4 N–H and O–H groups in total. The highest BCUT2D eigenvalue weighted by atomic mass is 16.2. The van der Waals surface area contributed by atoms with E-state index >= 15 is 0 Å². The van der Waals surface area contributed by atoms with E-state index in [4.69, 9.17) is 5.73 Å². The molecule has 0 fully saturated rings. The molecule has 0 aliphatic carbocycles. The maximum atomic E-state index is 11.2. The molecule has 3 amide bonds. The van der Waals surface area contributed by atoms with Gasteiger partial charge in [-0.15, -0.1) is 0 Å². The zero-order valence-electron chi connectivity index (χ0n) is 10.4. The van der Waals surface area contributed by atoms with Crippen LogP contribution in [0.3, 0.4) is 0 Å². The third kappa shape index (κ3) is 3.31. The Hall–Kier alpha value is -2.37. The normalized spacial score (nSPS) is 13.4. The molecule has 0 radical (unpaired) electrons. The van der Waals surface area contributed by atoms with Gasteiger partial charge in [-0.1, -0.05) is 12.1 Å². The number of aryl methyl sites for hydroxylation is 1. The predicted molar refractivity (Wildman–Crippen MR) is 69.3 cm³/mol. The molecular formula is C13H15N3O3. The van der Waals surface area contributed by atoms with Crippen molar-refractivity contribution in [2.45, 2.75) is 19.3 Å². The molecular weight excluding hydrogens is 246 g/mol. The molecule has 6 heteroatoms. The molecule has 0 saturated heterocycles. The molecule has 2 rings (SSSR count). The minimum atomic E-state index is -0.979. The first-order valence-corrected chi connectivity index (χ1v) is 6.05. The maximum absolute atomic E-state index is 11.2. The van der Waals surface area contributed by atoms with E-state index in [-0.39, 0.29) is 5.91 Å². The molecule has 1 heterocycles. The summed E-state index contributed by atoms with van der Waals surface area (Å²) in [5.74, 6) is -1.72. The summed E-state index contributed by atoms with van der Waals surface area (Å²) in [7, 11) is 0. The number of rotatable bonds is 3. The lowest BCUT2D eigenvalue weighted by Gasteiger charge is -2.17. The number of hydrogen-bond acceptors (Lipinski definition) is 3. The van der Waals surface area contributed by atoms with Crippen molar-refractivity contribution < 1.29 is 14.4 Å². The van der Waals surface area contributed by atoms with E-state index in [1.54, 1.807) is 0 Å². The molecule has 19 heavy (non-hydrogen) atoms. The van der Waals surface area contributed by atoms with Crippen LogP contribution in [0.15, 0.2) is 18.2 Å². The Balaban J connectivity index is 1.94. The van der Waals surface area contributed by atoms with Gasteiger partial charge in [0.25, 0.3) is 0 Å². The van der Waals surface area contributed by atoms with Crippen LogP contribution in [0.1, 0.15) is 17.5 Å². The Bertz CT molecular complexity index is 540. The second kappa shape index (κ2) is 5.51. The third-order valence-electron chi connectivity index (χ3n) is 2.99. The molecule has 0 unspecified atom stereocenters. The molecule has 6 nitrogen and oxygen atoms in total. The number of carbonyl (C=O) groups is 3. The van der Waals surface area contributed by atoms with E-state index in [0.29, 0.717) is 19.4 Å². The average molecular weight is 261 g/mol. The molecule has 1 aromatic carbocycles. The van der Waals surface area contributed by atoms with Crippen LogP contribution in [0.25, 0.3) is 0 Å². The first-order chi connectivity index (χ1) is 9.06. The zero-order valence-corrected chi connectivity index (χ0v) is 10.4. The quantitative estimate of drug-likeness (QED) is 0.652.